The number of carbonyl (C=O) groups excluding carboxylic acids is 3. The summed E-state index contributed by atoms with van der Waals surface area (Å²) < 4.78 is 15.3. The minimum atomic E-state index is -0.576. The molecule has 29 heavy (non-hydrogen) atoms. The predicted octanol–water partition coefficient (Wildman–Crippen LogP) is 1.93. The summed E-state index contributed by atoms with van der Waals surface area (Å²) >= 11 is 0. The van der Waals surface area contributed by atoms with Crippen LogP contribution in [0.4, 0.5) is 0 Å². The number of methoxy groups -OCH3 is 1. The summed E-state index contributed by atoms with van der Waals surface area (Å²) in [5, 5.41) is 5.30. The van der Waals surface area contributed by atoms with Crippen molar-refractivity contribution in [1.29, 1.82) is 0 Å². The number of amides is 2. The third-order valence-electron chi connectivity index (χ3n) is 4.18. The van der Waals surface area contributed by atoms with E-state index < -0.39 is 5.97 Å². The van der Waals surface area contributed by atoms with Gasteiger partial charge in [-0.15, -0.1) is 0 Å². The molecule has 2 amide bonds. The Morgan fingerprint density at radius 3 is 2.62 bits per heavy atom. The number of allylic oxidation sites excluding steroid dienone is 1. The van der Waals surface area contributed by atoms with E-state index in [0.717, 1.165) is 0 Å². The number of nitrogens with one attached hydrogen (secondary N) is 2. The third kappa shape index (κ3) is 4.92. The largest absolute Gasteiger partial charge is 0.484 e. The van der Waals surface area contributed by atoms with E-state index >= 15 is 0 Å². The summed E-state index contributed by atoms with van der Waals surface area (Å²) in [6.45, 7) is 1.79. The topological polar surface area (TPSA) is 107 Å². The number of benzene rings is 1. The van der Waals surface area contributed by atoms with E-state index in [4.69, 9.17) is 13.9 Å². The molecule has 3 rings (SSSR count). The second kappa shape index (κ2) is 8.92. The number of hydrogen-bond acceptors (Lipinski definition) is 6. The van der Waals surface area contributed by atoms with Crippen LogP contribution in [-0.4, -0.2) is 31.5 Å². The van der Waals surface area contributed by atoms with Crippen molar-refractivity contribution in [2.24, 2.45) is 0 Å². The highest BCUT2D eigenvalue weighted by Gasteiger charge is 2.30. The summed E-state index contributed by atoms with van der Waals surface area (Å²) in [4.78, 5) is 35.9. The van der Waals surface area contributed by atoms with Crippen LogP contribution in [0.15, 0.2) is 63.9 Å². The van der Waals surface area contributed by atoms with E-state index in [1.54, 1.807) is 49.4 Å². The van der Waals surface area contributed by atoms with Crippen molar-refractivity contribution in [1.82, 2.24) is 10.6 Å². The maximum absolute atomic E-state index is 12.1. The number of furan rings is 1. The van der Waals surface area contributed by atoms with Crippen molar-refractivity contribution in [3.8, 4) is 5.75 Å². The average molecular weight is 396 g/mol. The Bertz CT molecular complexity index is 971. The lowest BCUT2D eigenvalue weighted by atomic mass is 10.0. The molecule has 0 radical (unpaired) electrons. The van der Waals surface area contributed by atoms with Crippen LogP contribution >= 0.6 is 0 Å². The molecule has 2 N–H and O–H groups in total. The van der Waals surface area contributed by atoms with Crippen LogP contribution in [0.2, 0.25) is 0 Å². The van der Waals surface area contributed by atoms with Gasteiger partial charge in [0, 0.05) is 5.70 Å². The minimum absolute atomic E-state index is 0.141. The fourth-order valence-electron chi connectivity index (χ4n) is 2.74. The van der Waals surface area contributed by atoms with Gasteiger partial charge in [0.05, 0.1) is 31.1 Å². The van der Waals surface area contributed by atoms with Crippen molar-refractivity contribution in [2.45, 2.75) is 13.5 Å². The lowest BCUT2D eigenvalue weighted by Gasteiger charge is -2.07. The van der Waals surface area contributed by atoms with E-state index in [1.807, 2.05) is 0 Å². The molecule has 2 aromatic rings. The van der Waals surface area contributed by atoms with Gasteiger partial charge < -0.3 is 24.5 Å². The molecule has 0 aliphatic carbocycles. The van der Waals surface area contributed by atoms with Crippen molar-refractivity contribution < 1.29 is 28.3 Å². The molecule has 2 heterocycles. The van der Waals surface area contributed by atoms with Crippen LogP contribution in [0.5, 0.6) is 5.75 Å². The van der Waals surface area contributed by atoms with Gasteiger partial charge >= 0.3 is 5.97 Å². The molecular weight excluding hydrogens is 376 g/mol. The van der Waals surface area contributed by atoms with Gasteiger partial charge in [0.2, 0.25) is 0 Å². The van der Waals surface area contributed by atoms with Gasteiger partial charge in [-0.05, 0) is 42.8 Å². The fraction of sp³-hybridized carbons (Fsp3) is 0.190. The molecule has 0 unspecified atom stereocenters. The molecular formula is C21H20N2O6. The fourth-order valence-corrected chi connectivity index (χ4v) is 2.74. The van der Waals surface area contributed by atoms with Gasteiger partial charge in [0.15, 0.2) is 6.61 Å². The van der Waals surface area contributed by atoms with E-state index in [1.165, 1.54) is 13.4 Å². The highest BCUT2D eigenvalue weighted by molar-refractivity contribution is 6.16. The Morgan fingerprint density at radius 1 is 1.21 bits per heavy atom. The second-order valence-electron chi connectivity index (χ2n) is 6.22. The third-order valence-corrected chi connectivity index (χ3v) is 4.18. The van der Waals surface area contributed by atoms with Crippen molar-refractivity contribution in [2.75, 3.05) is 13.7 Å². The van der Waals surface area contributed by atoms with Gasteiger partial charge in [0.25, 0.3) is 11.8 Å². The zero-order valence-corrected chi connectivity index (χ0v) is 16.0. The molecule has 0 atom stereocenters. The number of esters is 1. The molecule has 1 aliphatic rings. The van der Waals surface area contributed by atoms with Gasteiger partial charge in [-0.3, -0.25) is 9.59 Å². The average Bonchev–Trinajstić information content (AvgIpc) is 3.33. The Hall–Kier alpha value is -3.81. The molecule has 1 aromatic carbocycles. The number of rotatable bonds is 7. The van der Waals surface area contributed by atoms with E-state index in [2.05, 4.69) is 10.6 Å². The maximum Gasteiger partial charge on any atom is 0.340 e. The zero-order chi connectivity index (χ0) is 20.8. The molecule has 0 spiro atoms. The molecule has 8 heteroatoms. The second-order valence-corrected chi connectivity index (χ2v) is 6.22. The summed E-state index contributed by atoms with van der Waals surface area (Å²) in [7, 11) is 1.26. The van der Waals surface area contributed by atoms with Crippen LogP contribution in [0.3, 0.4) is 0 Å². The normalized spacial score (nSPS) is 14.7. The molecule has 1 aromatic heterocycles. The number of ether oxygens (including phenoxy) is 2. The summed E-state index contributed by atoms with van der Waals surface area (Å²) in [5.74, 6) is -0.0685. The molecule has 150 valence electrons. The zero-order valence-electron chi connectivity index (χ0n) is 16.0. The van der Waals surface area contributed by atoms with E-state index in [0.29, 0.717) is 29.3 Å². The monoisotopic (exact) mass is 396 g/mol. The Balaban J connectivity index is 1.60. The first-order chi connectivity index (χ1) is 14.0. The summed E-state index contributed by atoms with van der Waals surface area (Å²) in [6.07, 6.45) is 3.13. The van der Waals surface area contributed by atoms with E-state index in [-0.39, 0.29) is 29.6 Å². The first-order valence-corrected chi connectivity index (χ1v) is 8.82. The van der Waals surface area contributed by atoms with Gasteiger partial charge in [0.1, 0.15) is 11.5 Å². The molecule has 0 saturated heterocycles. The van der Waals surface area contributed by atoms with Gasteiger partial charge in [-0.1, -0.05) is 12.1 Å². The van der Waals surface area contributed by atoms with Crippen molar-refractivity contribution >= 4 is 23.9 Å². The first-order valence-electron chi connectivity index (χ1n) is 8.82. The number of carbonyl (C=O) groups is 3. The van der Waals surface area contributed by atoms with Crippen molar-refractivity contribution in [3.05, 3.63) is 70.8 Å². The lowest BCUT2D eigenvalue weighted by Crippen LogP contribution is -2.28. The van der Waals surface area contributed by atoms with Crippen molar-refractivity contribution in [3.63, 3.8) is 0 Å². The quantitative estimate of drug-likeness (QED) is 0.547. The van der Waals surface area contributed by atoms with Gasteiger partial charge in [-0.2, -0.15) is 0 Å². The maximum atomic E-state index is 12.1. The highest BCUT2D eigenvalue weighted by atomic mass is 16.5. The molecule has 8 nitrogen and oxygen atoms in total. The molecule has 0 saturated carbocycles. The Morgan fingerprint density at radius 2 is 1.97 bits per heavy atom. The highest BCUT2D eigenvalue weighted by Crippen LogP contribution is 2.25. The summed E-state index contributed by atoms with van der Waals surface area (Å²) in [5.41, 5.74) is 1.60. The van der Waals surface area contributed by atoms with E-state index in [9.17, 15) is 14.4 Å². The molecule has 0 fully saturated rings. The van der Waals surface area contributed by atoms with Crippen LogP contribution in [0.25, 0.3) is 6.08 Å². The van der Waals surface area contributed by atoms with Crippen LogP contribution < -0.4 is 15.4 Å². The van der Waals surface area contributed by atoms with Crippen LogP contribution in [-0.2, 0) is 25.7 Å². The van der Waals surface area contributed by atoms with Crippen LogP contribution in [0, 0.1) is 0 Å². The Kier molecular flexibility index (Phi) is 6.13. The smallest absolute Gasteiger partial charge is 0.340 e. The molecule has 0 bridgehead atoms. The Labute approximate surface area is 167 Å². The number of hydrogen-bond donors (Lipinski definition) is 2. The lowest BCUT2D eigenvalue weighted by molar-refractivity contribution is -0.136. The first kappa shape index (κ1) is 19.9. The standard InChI is InChI=1S/C21H20N2O6/c1-13-19(21(26)27-2)17(20(25)23-13)10-14-5-7-15(8-6-14)29-12-18(24)22-11-16-4-3-9-28-16/h3-10H,11-12H2,1-2H3,(H,22,24)(H,23,25). The predicted molar refractivity (Wildman–Crippen MR) is 103 cm³/mol. The minimum Gasteiger partial charge on any atom is -0.484 e. The van der Waals surface area contributed by atoms with Crippen LogP contribution in [0.1, 0.15) is 18.2 Å². The molecule has 1 aliphatic heterocycles. The SMILES string of the molecule is COC(=O)C1=C(C)NC(=O)C1=Cc1ccc(OCC(=O)NCc2ccco2)cc1. The van der Waals surface area contributed by atoms with Gasteiger partial charge in [-0.25, -0.2) is 4.79 Å². The summed E-state index contributed by atoms with van der Waals surface area (Å²) in [6, 6.07) is 10.3.